The summed E-state index contributed by atoms with van der Waals surface area (Å²) in [5.41, 5.74) is 6.85. The van der Waals surface area contributed by atoms with Gasteiger partial charge in [0.15, 0.2) is 0 Å². The van der Waals surface area contributed by atoms with Gasteiger partial charge in [-0.1, -0.05) is 29.3 Å². The van der Waals surface area contributed by atoms with Crippen LogP contribution in [0.2, 0.25) is 10.0 Å². The molecule has 0 radical (unpaired) electrons. The summed E-state index contributed by atoms with van der Waals surface area (Å²) in [5.74, 6) is -0.861. The number of ether oxygens (including phenoxy) is 1. The van der Waals surface area contributed by atoms with Crippen LogP contribution in [-0.2, 0) is 16.1 Å². The van der Waals surface area contributed by atoms with E-state index in [2.05, 4.69) is 4.98 Å². The van der Waals surface area contributed by atoms with E-state index in [0.29, 0.717) is 43.5 Å². The third-order valence-corrected chi connectivity index (χ3v) is 5.22. The van der Waals surface area contributed by atoms with Gasteiger partial charge in [-0.25, -0.2) is 9.78 Å². The van der Waals surface area contributed by atoms with Gasteiger partial charge in [-0.3, -0.25) is 9.69 Å². The first kappa shape index (κ1) is 23.7. The lowest BCUT2D eigenvalue weighted by atomic mass is 9.98. The van der Waals surface area contributed by atoms with E-state index in [4.69, 9.17) is 33.7 Å². The van der Waals surface area contributed by atoms with Crippen LogP contribution < -0.4 is 10.6 Å². The predicted octanol–water partition coefficient (Wildman–Crippen LogP) is 4.88. The van der Waals surface area contributed by atoms with Crippen molar-refractivity contribution in [1.82, 2.24) is 9.55 Å². The van der Waals surface area contributed by atoms with Crippen molar-refractivity contribution in [2.45, 2.75) is 39.8 Å². The van der Waals surface area contributed by atoms with Crippen LogP contribution in [0.1, 0.15) is 26.5 Å². The molecule has 2 aromatic heterocycles. The molecule has 0 aliphatic rings. The second-order valence-corrected chi connectivity index (χ2v) is 9.24. The first-order valence-corrected chi connectivity index (χ1v) is 10.5. The van der Waals surface area contributed by atoms with Crippen LogP contribution in [-0.4, -0.2) is 39.3 Å². The molecule has 32 heavy (non-hydrogen) atoms. The van der Waals surface area contributed by atoms with E-state index >= 15 is 0 Å². The van der Waals surface area contributed by atoms with E-state index in [1.54, 1.807) is 52.9 Å². The number of carbonyl (C=O) groups excluding carboxylic acids is 2. The summed E-state index contributed by atoms with van der Waals surface area (Å²) >= 11 is 12.6. The summed E-state index contributed by atoms with van der Waals surface area (Å²) in [7, 11) is 1.55. The van der Waals surface area contributed by atoms with Crippen molar-refractivity contribution >= 4 is 51.8 Å². The summed E-state index contributed by atoms with van der Waals surface area (Å²) < 4.78 is 6.82. The highest BCUT2D eigenvalue weighted by Crippen LogP contribution is 2.45. The number of aromatic nitrogens is 2. The lowest BCUT2D eigenvalue weighted by Crippen LogP contribution is -2.35. The number of hydrogen-bond donors (Lipinski definition) is 2. The van der Waals surface area contributed by atoms with Crippen LogP contribution in [0.15, 0.2) is 24.4 Å². The Balaban J connectivity index is 2.38. The molecule has 8 nitrogen and oxygen atoms in total. The molecule has 3 N–H and O–H groups in total. The third kappa shape index (κ3) is 4.61. The molecule has 1 aromatic carbocycles. The highest BCUT2D eigenvalue weighted by molar-refractivity contribution is 6.37. The van der Waals surface area contributed by atoms with Crippen LogP contribution in [0.3, 0.4) is 0 Å². The number of primary amides is 1. The van der Waals surface area contributed by atoms with E-state index in [1.165, 1.54) is 15.7 Å². The number of nitrogens with two attached hydrogens (primary N) is 1. The zero-order valence-corrected chi connectivity index (χ0v) is 19.9. The highest BCUT2D eigenvalue weighted by atomic mass is 35.5. The quantitative estimate of drug-likeness (QED) is 0.554. The van der Waals surface area contributed by atoms with Crippen molar-refractivity contribution in [3.05, 3.63) is 40.1 Å². The summed E-state index contributed by atoms with van der Waals surface area (Å²) in [4.78, 5) is 30.2. The largest absolute Gasteiger partial charge is 0.494 e. The highest BCUT2D eigenvalue weighted by Gasteiger charge is 2.29. The van der Waals surface area contributed by atoms with Crippen molar-refractivity contribution in [3.63, 3.8) is 0 Å². The SMILES string of the molecule is Cc1nc2cn(CC(N)=O)c(O)c2c(-c2ccc(Cl)cc2Cl)c1N(C)C(=O)OC(C)(C)C. The maximum atomic E-state index is 12.9. The van der Waals surface area contributed by atoms with Crippen LogP contribution in [0.5, 0.6) is 5.88 Å². The number of nitrogens with zero attached hydrogens (tertiary/aromatic N) is 3. The number of rotatable bonds is 4. The normalized spacial score (nSPS) is 11.6. The Morgan fingerprint density at radius 2 is 1.94 bits per heavy atom. The average molecular weight is 479 g/mol. The first-order valence-electron chi connectivity index (χ1n) is 9.73. The number of amides is 2. The average Bonchev–Trinajstić information content (AvgIpc) is 2.93. The number of aryl methyl sites for hydroxylation is 1. The molecular formula is C22H24Cl2N4O4. The van der Waals surface area contributed by atoms with E-state index in [-0.39, 0.29) is 12.4 Å². The molecule has 3 rings (SSSR count). The van der Waals surface area contributed by atoms with Crippen LogP contribution in [0, 0.1) is 6.92 Å². The summed E-state index contributed by atoms with van der Waals surface area (Å²) in [6, 6.07) is 4.91. The Morgan fingerprint density at radius 3 is 2.50 bits per heavy atom. The molecule has 0 atom stereocenters. The Labute approximate surface area is 195 Å². The van der Waals surface area contributed by atoms with Gasteiger partial charge in [0, 0.05) is 34.4 Å². The molecular weight excluding hydrogens is 455 g/mol. The van der Waals surface area contributed by atoms with Gasteiger partial charge >= 0.3 is 6.09 Å². The maximum Gasteiger partial charge on any atom is 0.414 e. The monoisotopic (exact) mass is 478 g/mol. The summed E-state index contributed by atoms with van der Waals surface area (Å²) in [5, 5.41) is 12.0. The molecule has 0 aliphatic carbocycles. The second kappa shape index (κ2) is 8.52. The summed E-state index contributed by atoms with van der Waals surface area (Å²) in [6.07, 6.45) is 0.914. The number of benzene rings is 1. The molecule has 0 saturated heterocycles. The van der Waals surface area contributed by atoms with Crippen LogP contribution in [0.4, 0.5) is 10.5 Å². The van der Waals surface area contributed by atoms with Crippen molar-refractivity contribution in [1.29, 1.82) is 0 Å². The van der Waals surface area contributed by atoms with Gasteiger partial charge in [-0.05, 0) is 39.8 Å². The van der Waals surface area contributed by atoms with Gasteiger partial charge in [-0.15, -0.1) is 0 Å². The molecule has 0 unspecified atom stereocenters. The predicted molar refractivity (Wildman–Crippen MR) is 125 cm³/mol. The Kier molecular flexibility index (Phi) is 6.31. The molecule has 3 aromatic rings. The lowest BCUT2D eigenvalue weighted by molar-refractivity contribution is -0.118. The maximum absolute atomic E-state index is 12.9. The minimum atomic E-state index is -0.720. The first-order chi connectivity index (χ1) is 14.8. The van der Waals surface area contributed by atoms with Crippen molar-refractivity contribution in [2.24, 2.45) is 5.73 Å². The van der Waals surface area contributed by atoms with Gasteiger partial charge < -0.3 is 20.1 Å². The number of hydrogen-bond acceptors (Lipinski definition) is 5. The van der Waals surface area contributed by atoms with Crippen LogP contribution in [0.25, 0.3) is 22.0 Å². The Hall–Kier alpha value is -2.97. The molecule has 2 amide bonds. The molecule has 0 fully saturated rings. The molecule has 2 heterocycles. The fourth-order valence-electron chi connectivity index (χ4n) is 3.46. The smallest absolute Gasteiger partial charge is 0.414 e. The van der Waals surface area contributed by atoms with Gasteiger partial charge in [0.1, 0.15) is 12.1 Å². The Morgan fingerprint density at radius 1 is 1.28 bits per heavy atom. The number of halogens is 2. The topological polar surface area (TPSA) is 111 Å². The fourth-order valence-corrected chi connectivity index (χ4v) is 3.97. The van der Waals surface area contributed by atoms with Gasteiger partial charge in [-0.2, -0.15) is 0 Å². The molecule has 10 heteroatoms. The van der Waals surface area contributed by atoms with Gasteiger partial charge in [0.25, 0.3) is 0 Å². The zero-order valence-electron chi connectivity index (χ0n) is 18.4. The standard InChI is InChI=1S/C22H24Cl2N4O4/c1-11-19(27(5)21(31)32-22(2,3)4)17(13-7-6-12(23)8-14(13)24)18-15(26-11)9-28(20(18)30)10-16(25)29/h6-9,30H,10H2,1-5H3,(H2,25,29). The third-order valence-electron chi connectivity index (χ3n) is 4.68. The molecule has 0 aliphatic heterocycles. The minimum absolute atomic E-state index is 0.230. The second-order valence-electron chi connectivity index (χ2n) is 8.39. The van der Waals surface area contributed by atoms with Crippen LogP contribution >= 0.6 is 23.2 Å². The van der Waals surface area contributed by atoms with Crippen molar-refractivity contribution in [2.75, 3.05) is 11.9 Å². The number of fused-ring (bicyclic) bond motifs is 1. The zero-order chi connectivity index (χ0) is 24.0. The van der Waals surface area contributed by atoms with E-state index < -0.39 is 17.6 Å². The van der Waals surface area contributed by atoms with Gasteiger partial charge in [0.05, 0.1) is 22.3 Å². The molecule has 0 spiro atoms. The molecule has 0 saturated carbocycles. The number of carbonyl (C=O) groups is 2. The van der Waals surface area contributed by atoms with E-state index in [0.717, 1.165) is 0 Å². The summed E-state index contributed by atoms with van der Waals surface area (Å²) in [6.45, 7) is 6.77. The minimum Gasteiger partial charge on any atom is -0.494 e. The van der Waals surface area contributed by atoms with Crippen molar-refractivity contribution in [3.8, 4) is 17.0 Å². The fraction of sp³-hybridized carbons (Fsp3) is 0.318. The number of pyridine rings is 1. The number of anilines is 1. The molecule has 0 bridgehead atoms. The Bertz CT molecular complexity index is 1230. The van der Waals surface area contributed by atoms with Crippen molar-refractivity contribution < 1.29 is 19.4 Å². The molecule has 170 valence electrons. The van der Waals surface area contributed by atoms with Gasteiger partial charge in [0.2, 0.25) is 11.8 Å². The number of aromatic hydroxyl groups is 1. The van der Waals surface area contributed by atoms with E-state index in [1.807, 2.05) is 0 Å². The van der Waals surface area contributed by atoms with E-state index in [9.17, 15) is 14.7 Å². The lowest BCUT2D eigenvalue weighted by Gasteiger charge is -2.27.